The fourth-order valence-electron chi connectivity index (χ4n) is 17.9. The highest BCUT2D eigenvalue weighted by atomic mass is 32.2. The Labute approximate surface area is 808 Å². The van der Waals surface area contributed by atoms with Crippen LogP contribution in [0, 0.1) is 128 Å². The summed E-state index contributed by atoms with van der Waals surface area (Å²) in [5.41, 5.74) is -24.8. The SMILES string of the molecule is [C-]#[N+]C([N+]#[C-])=C1Cc2c(C(F)(F)F)c3c(c(C(F)(F)F)c2=C1c1ccc(C)cc1)CC(=C(C#N)C#N)C=3c1ccc(C(F)(F)F)cc1.[C-]#[N+]C([N+]#[C-])=C1Cc2c(OC(F)(F)F)c3c(c(OC(F)(F)F)c2=C1c1ccc(C)cc1)CC(=C(C#N)C#N)C=3c1ccc(C(F)(F)F)cc1.[C-]#[N+]C([N+]#[C-])=C1Cc2c(SC(F)(F)F)c3c(c(SC(F)(F)F)c2=C1c1ccc(C)cc1)CC(=C(C#N)C#N)C=3c1ccc(C(F)(F)F)cc1. The smallest absolute Gasteiger partial charge is 0.405 e. The lowest BCUT2D eigenvalue weighted by Gasteiger charge is -2.19. The van der Waals surface area contributed by atoms with E-state index in [1.807, 2.05) is 0 Å². The van der Waals surface area contributed by atoms with Gasteiger partial charge in [0.25, 0.3) is 0 Å². The first-order valence-corrected chi connectivity index (χ1v) is 42.3. The Kier molecular flexibility index (Phi) is 28.4. The van der Waals surface area contributed by atoms with E-state index in [9.17, 15) is 124 Å². The van der Waals surface area contributed by atoms with Crippen molar-refractivity contribution in [2.24, 2.45) is 0 Å². The Morgan fingerprint density at radius 2 is 0.462 bits per heavy atom. The molecule has 0 spiro atoms. The van der Waals surface area contributed by atoms with E-state index in [-0.39, 0.29) is 88.7 Å². The van der Waals surface area contributed by atoms with Crippen LogP contribution in [-0.2, 0) is 69.4 Å². The first kappa shape index (κ1) is 105. The lowest BCUT2D eigenvalue weighted by atomic mass is 9.90. The summed E-state index contributed by atoms with van der Waals surface area (Å²) in [7, 11) is 0. The van der Waals surface area contributed by atoms with E-state index >= 15 is 26.3 Å². The highest BCUT2D eigenvalue weighted by molar-refractivity contribution is 8.00. The van der Waals surface area contributed by atoms with Crippen molar-refractivity contribution in [2.75, 3.05) is 0 Å². The van der Waals surface area contributed by atoms with Crippen molar-refractivity contribution in [3.05, 3.63) is 424 Å². The number of ether oxygens (including phenoxy) is 2. The molecular formula is C102H45F27N12O2S2. The van der Waals surface area contributed by atoms with E-state index < -0.39 is 276 Å². The summed E-state index contributed by atoms with van der Waals surface area (Å²) in [6.07, 6.45) is -40.8. The van der Waals surface area contributed by atoms with Gasteiger partial charge in [-0.2, -0.15) is 153 Å². The van der Waals surface area contributed by atoms with Gasteiger partial charge >= 0.3 is 72.1 Å². The molecule has 14 nitrogen and oxygen atoms in total. The molecule has 0 aromatic heterocycles. The summed E-state index contributed by atoms with van der Waals surface area (Å²) >= 11 is -1.31. The fraction of sp³-hybridized carbons (Fsp3) is 0.176. The van der Waals surface area contributed by atoms with Gasteiger partial charge in [0.15, 0.2) is 0 Å². The maximum Gasteiger partial charge on any atom is 0.573 e. The van der Waals surface area contributed by atoms with Crippen molar-refractivity contribution >= 4 is 57.0 Å². The summed E-state index contributed by atoms with van der Waals surface area (Å²) in [5.74, 6) is -4.11. The van der Waals surface area contributed by atoms with Gasteiger partial charge in [0, 0.05) is 67.5 Å². The average molecular weight is 2050 g/mol. The number of alkyl halides is 27. The molecule has 0 heterocycles. The van der Waals surface area contributed by atoms with Crippen LogP contribution in [0.1, 0.15) is 111 Å². The maximum absolute atomic E-state index is 15.3. The second kappa shape index (κ2) is 39.1. The van der Waals surface area contributed by atoms with Crippen molar-refractivity contribution in [2.45, 2.75) is 124 Å². The van der Waals surface area contributed by atoms with E-state index in [1.54, 1.807) is 69.3 Å². The average Bonchev–Trinajstić information content (AvgIpc) is 1.56. The van der Waals surface area contributed by atoms with E-state index in [4.69, 9.17) is 39.4 Å². The van der Waals surface area contributed by atoms with Crippen LogP contribution in [0.25, 0.3) is 62.5 Å². The zero-order chi connectivity index (χ0) is 107. The first-order valence-electron chi connectivity index (χ1n) is 40.7. The number of fused-ring (bicyclic) bond motifs is 6. The number of benzene rings is 9. The molecule has 9 aromatic rings. The van der Waals surface area contributed by atoms with Crippen LogP contribution in [0.3, 0.4) is 0 Å². The van der Waals surface area contributed by atoms with Crippen molar-refractivity contribution in [3.63, 3.8) is 0 Å². The number of aryl methyl sites for hydroxylation is 3. The number of nitriles is 6. The van der Waals surface area contributed by atoms with Gasteiger partial charge in [-0.1, -0.05) is 126 Å². The molecule has 145 heavy (non-hydrogen) atoms. The van der Waals surface area contributed by atoms with Gasteiger partial charge in [-0.3, -0.25) is 0 Å². The van der Waals surface area contributed by atoms with Gasteiger partial charge in [-0.05, 0) is 210 Å². The molecule has 0 saturated heterocycles. The second-order valence-electron chi connectivity index (χ2n) is 31.8. The second-order valence-corrected chi connectivity index (χ2v) is 34.0. The summed E-state index contributed by atoms with van der Waals surface area (Å²) in [6.45, 7) is 50.3. The monoisotopic (exact) mass is 2050 g/mol. The third-order valence-corrected chi connectivity index (χ3v) is 25.1. The molecule has 0 aliphatic heterocycles. The topological polar surface area (TPSA) is 187 Å². The largest absolute Gasteiger partial charge is 0.573 e. The van der Waals surface area contributed by atoms with Gasteiger partial charge in [-0.25, -0.2) is 0 Å². The lowest BCUT2D eigenvalue weighted by Crippen LogP contribution is -2.36. The van der Waals surface area contributed by atoms with Crippen LogP contribution in [-0.4, -0.2) is 23.7 Å². The molecule has 0 atom stereocenters. The molecule has 15 rings (SSSR count). The molecule has 0 unspecified atom stereocenters. The normalized spacial score (nSPS) is 14.1. The van der Waals surface area contributed by atoms with E-state index in [0.29, 0.717) is 47.5 Å². The Bertz CT molecular complexity index is 7890. The zero-order valence-electron chi connectivity index (χ0n) is 72.8. The minimum Gasteiger partial charge on any atom is -0.405 e. The van der Waals surface area contributed by atoms with Crippen LogP contribution in [0.2, 0.25) is 0 Å². The molecule has 6 aliphatic carbocycles. The number of allylic oxidation sites excluding steroid dienone is 9. The van der Waals surface area contributed by atoms with Crippen LogP contribution >= 0.6 is 23.5 Å². The van der Waals surface area contributed by atoms with Gasteiger partial charge in [0.05, 0.1) is 44.5 Å². The van der Waals surface area contributed by atoms with Gasteiger partial charge in [-0.15, -0.1) is 26.3 Å². The Hall–Kier alpha value is -17.1. The summed E-state index contributed by atoms with van der Waals surface area (Å²) in [4.78, 5) is 17.7. The molecule has 6 aliphatic rings. The number of hydrogen-bond acceptors (Lipinski definition) is 10. The third-order valence-electron chi connectivity index (χ3n) is 23.3. The molecule has 0 amide bonds. The van der Waals surface area contributed by atoms with Crippen LogP contribution in [0.15, 0.2) is 223 Å². The Morgan fingerprint density at radius 3 is 0.697 bits per heavy atom. The molecule has 9 aromatic carbocycles. The van der Waals surface area contributed by atoms with Crippen molar-refractivity contribution in [1.29, 1.82) is 31.6 Å². The molecule has 0 radical (unpaired) electrons. The van der Waals surface area contributed by atoms with Crippen LogP contribution in [0.5, 0.6) is 11.5 Å². The van der Waals surface area contributed by atoms with Gasteiger partial charge in [0.2, 0.25) is 0 Å². The summed E-state index contributed by atoms with van der Waals surface area (Å²) in [6, 6.07) is 35.7. The quantitative estimate of drug-likeness (QED) is 0.0552. The number of nitrogens with zero attached hydrogens (tertiary/aromatic N) is 12. The third kappa shape index (κ3) is 20.8. The van der Waals surface area contributed by atoms with Crippen LogP contribution < -0.4 is 40.8 Å². The molecular weight excluding hydrogens is 2000 g/mol. The highest BCUT2D eigenvalue weighted by Gasteiger charge is 2.52. The standard InChI is InChI=1S/C34H15F9N4O2.C34H15F9N4S2.C34H15F9N4/c2*1-16-4-6-17(7-5-16)26-24(31(46-2)47-3)13-23-28(26)29(48-33(38,39)40)22-12-21(19(14-44)15-45)25(27(22)30(23)49-34(41,42)43)18-8-10-20(11-9-18)32(35,36)37;1-16-4-6-17(7-5-16)26-24(31(46-2)47-3)13-23-28(26)29(33(38,39)40)22-12-21(19(14-44)15-45)25(27(22)30(23)34(41,42)43)18-8-10-20(11-9-18)32(35,36)37/h2*4-11H,12-13H2,1H3;4-11H,12-13H2,1H3. The molecule has 726 valence electrons. The number of halogens is 27. The van der Waals surface area contributed by atoms with Crippen molar-refractivity contribution in [3.8, 4) is 47.9 Å². The molecule has 0 bridgehead atoms. The number of hydrogen-bond donors (Lipinski definition) is 0. The number of rotatable bonds is 10. The van der Waals surface area contributed by atoms with E-state index in [1.165, 1.54) is 60.7 Å². The van der Waals surface area contributed by atoms with E-state index in [2.05, 4.69) is 38.5 Å². The molecule has 43 heteroatoms. The fourth-order valence-corrected chi connectivity index (χ4v) is 19.6. The first-order chi connectivity index (χ1) is 67.8. The van der Waals surface area contributed by atoms with Gasteiger partial charge in [0.1, 0.15) is 104 Å². The highest BCUT2D eigenvalue weighted by Crippen LogP contribution is 2.53. The molecule has 0 fully saturated rings. The predicted molar refractivity (Wildman–Crippen MR) is 465 cm³/mol. The Morgan fingerprint density at radius 1 is 0.262 bits per heavy atom. The van der Waals surface area contributed by atoms with Crippen molar-refractivity contribution in [1.82, 2.24) is 0 Å². The lowest BCUT2D eigenvalue weighted by molar-refractivity contribution is -0.277. The summed E-state index contributed by atoms with van der Waals surface area (Å²) < 4.78 is 393. The van der Waals surface area contributed by atoms with Crippen molar-refractivity contribution < 1.29 is 128 Å². The number of thioether (sulfide) groups is 2. The maximum atomic E-state index is 15.3. The predicted octanol–water partition coefficient (Wildman–Crippen LogP) is 24.8. The Balaban J connectivity index is 0.000000182. The minimum atomic E-state index is -5.50. The minimum absolute atomic E-state index is 0.0168. The summed E-state index contributed by atoms with van der Waals surface area (Å²) in [5, 5.41) is 54.5. The molecule has 0 saturated carbocycles. The van der Waals surface area contributed by atoms with E-state index in [0.717, 1.165) is 42.0 Å². The van der Waals surface area contributed by atoms with Crippen LogP contribution in [0.4, 0.5) is 119 Å². The zero-order valence-corrected chi connectivity index (χ0v) is 74.4. The van der Waals surface area contributed by atoms with Gasteiger partial charge < -0.3 is 9.47 Å². The molecule has 0 N–H and O–H groups in total.